The van der Waals surface area contributed by atoms with Crippen molar-refractivity contribution in [2.75, 3.05) is 11.4 Å². The molecular formula is C19H20N2OS. The van der Waals surface area contributed by atoms with Crippen LogP contribution < -0.4 is 4.90 Å². The molecule has 3 aromatic rings. The van der Waals surface area contributed by atoms with Crippen LogP contribution in [0.2, 0.25) is 0 Å². The first kappa shape index (κ1) is 15.7. The molecule has 0 bridgehead atoms. The van der Waals surface area contributed by atoms with Crippen LogP contribution in [0.3, 0.4) is 0 Å². The van der Waals surface area contributed by atoms with Gasteiger partial charge in [-0.2, -0.15) is 0 Å². The van der Waals surface area contributed by atoms with E-state index in [9.17, 15) is 4.79 Å². The van der Waals surface area contributed by atoms with Gasteiger partial charge in [0.25, 0.3) is 5.91 Å². The van der Waals surface area contributed by atoms with Crippen molar-refractivity contribution in [2.24, 2.45) is 5.92 Å². The van der Waals surface area contributed by atoms with Crippen molar-refractivity contribution in [1.82, 2.24) is 4.98 Å². The Morgan fingerprint density at radius 2 is 1.83 bits per heavy atom. The minimum absolute atomic E-state index is 0.0118. The predicted molar refractivity (Wildman–Crippen MR) is 97.3 cm³/mol. The molecule has 118 valence electrons. The van der Waals surface area contributed by atoms with E-state index in [1.54, 1.807) is 16.2 Å². The molecule has 1 heterocycles. The van der Waals surface area contributed by atoms with Crippen molar-refractivity contribution in [3.8, 4) is 0 Å². The lowest BCUT2D eigenvalue weighted by Gasteiger charge is -2.22. The maximum atomic E-state index is 13.0. The molecule has 0 saturated heterocycles. The smallest absolute Gasteiger partial charge is 0.260 e. The van der Waals surface area contributed by atoms with Gasteiger partial charge in [-0.3, -0.25) is 9.69 Å². The number of hydrogen-bond donors (Lipinski definition) is 0. The van der Waals surface area contributed by atoms with E-state index in [0.717, 1.165) is 20.9 Å². The average Bonchev–Trinajstić information content (AvgIpc) is 2.96. The largest absolute Gasteiger partial charge is 0.284 e. The van der Waals surface area contributed by atoms with Crippen LogP contribution >= 0.6 is 11.3 Å². The summed E-state index contributed by atoms with van der Waals surface area (Å²) in [6, 6.07) is 15.7. The number of thiazole rings is 1. The highest BCUT2D eigenvalue weighted by atomic mass is 32.1. The summed E-state index contributed by atoms with van der Waals surface area (Å²) in [5.74, 6) is 0.383. The maximum Gasteiger partial charge on any atom is 0.260 e. The molecule has 0 radical (unpaired) electrons. The number of amides is 1. The van der Waals surface area contributed by atoms with E-state index in [1.807, 2.05) is 55.5 Å². The number of carbonyl (C=O) groups is 1. The van der Waals surface area contributed by atoms with E-state index in [1.165, 1.54) is 0 Å². The SMILES string of the molecule is Cc1ccc(C(=O)N(CC(C)C)c2nc3ccccc3s2)cc1. The van der Waals surface area contributed by atoms with E-state index >= 15 is 0 Å². The van der Waals surface area contributed by atoms with Crippen LogP contribution in [-0.4, -0.2) is 17.4 Å². The number of carbonyl (C=O) groups excluding carboxylic acids is 1. The molecule has 0 spiro atoms. The summed E-state index contributed by atoms with van der Waals surface area (Å²) in [6.07, 6.45) is 0. The van der Waals surface area contributed by atoms with Crippen LogP contribution in [0, 0.1) is 12.8 Å². The van der Waals surface area contributed by atoms with Gasteiger partial charge in [-0.15, -0.1) is 0 Å². The number of hydrogen-bond acceptors (Lipinski definition) is 3. The summed E-state index contributed by atoms with van der Waals surface area (Å²) in [4.78, 5) is 19.4. The van der Waals surface area contributed by atoms with Crippen LogP contribution in [0.1, 0.15) is 29.8 Å². The Morgan fingerprint density at radius 3 is 2.48 bits per heavy atom. The average molecular weight is 324 g/mol. The molecule has 0 aliphatic carbocycles. The van der Waals surface area contributed by atoms with Crippen LogP contribution in [-0.2, 0) is 0 Å². The second-order valence-electron chi connectivity index (χ2n) is 6.14. The lowest BCUT2D eigenvalue weighted by atomic mass is 10.1. The van der Waals surface area contributed by atoms with Crippen LogP contribution in [0.25, 0.3) is 10.2 Å². The summed E-state index contributed by atoms with van der Waals surface area (Å²) in [6.45, 7) is 6.91. The molecule has 0 unspecified atom stereocenters. The second-order valence-corrected chi connectivity index (χ2v) is 7.15. The van der Waals surface area contributed by atoms with E-state index in [0.29, 0.717) is 18.0 Å². The third-order valence-electron chi connectivity index (χ3n) is 3.60. The Kier molecular flexibility index (Phi) is 4.44. The molecule has 0 atom stereocenters. The second kappa shape index (κ2) is 6.50. The number of benzene rings is 2. The molecule has 3 nitrogen and oxygen atoms in total. The molecule has 0 fully saturated rings. The van der Waals surface area contributed by atoms with Crippen molar-refractivity contribution in [1.29, 1.82) is 0 Å². The Morgan fingerprint density at radius 1 is 1.13 bits per heavy atom. The van der Waals surface area contributed by atoms with Crippen LogP contribution in [0.15, 0.2) is 48.5 Å². The third kappa shape index (κ3) is 3.42. The minimum Gasteiger partial charge on any atom is -0.284 e. The van der Waals surface area contributed by atoms with Gasteiger partial charge in [0, 0.05) is 12.1 Å². The highest BCUT2D eigenvalue weighted by Crippen LogP contribution is 2.30. The van der Waals surface area contributed by atoms with Gasteiger partial charge in [-0.25, -0.2) is 4.98 Å². The van der Waals surface area contributed by atoms with Gasteiger partial charge in [0.15, 0.2) is 5.13 Å². The standard InChI is InChI=1S/C19H20N2OS/c1-13(2)12-21(18(22)15-10-8-14(3)9-11-15)19-20-16-6-4-5-7-17(16)23-19/h4-11,13H,12H2,1-3H3. The molecule has 0 aliphatic rings. The first-order valence-corrected chi connectivity index (χ1v) is 8.60. The molecule has 0 saturated carbocycles. The normalized spacial score (nSPS) is 11.1. The fraction of sp³-hybridized carbons (Fsp3) is 0.263. The van der Waals surface area contributed by atoms with E-state index in [2.05, 4.69) is 18.8 Å². The summed E-state index contributed by atoms with van der Waals surface area (Å²) >= 11 is 1.57. The molecule has 23 heavy (non-hydrogen) atoms. The van der Waals surface area contributed by atoms with Gasteiger partial charge in [0.05, 0.1) is 10.2 Å². The van der Waals surface area contributed by atoms with Gasteiger partial charge in [0.1, 0.15) is 0 Å². The molecule has 1 amide bonds. The van der Waals surface area contributed by atoms with E-state index in [4.69, 9.17) is 0 Å². The molecule has 0 N–H and O–H groups in total. The van der Waals surface area contributed by atoms with Crippen molar-refractivity contribution < 1.29 is 4.79 Å². The minimum atomic E-state index is 0.0118. The molecule has 4 heteroatoms. The van der Waals surface area contributed by atoms with Crippen molar-refractivity contribution in [3.63, 3.8) is 0 Å². The van der Waals surface area contributed by atoms with Crippen molar-refractivity contribution >= 4 is 32.6 Å². The fourth-order valence-corrected chi connectivity index (χ4v) is 3.41. The van der Waals surface area contributed by atoms with Crippen LogP contribution in [0.4, 0.5) is 5.13 Å². The van der Waals surface area contributed by atoms with Crippen molar-refractivity contribution in [3.05, 3.63) is 59.7 Å². The number of rotatable bonds is 4. The Balaban J connectivity index is 1.99. The first-order chi connectivity index (χ1) is 11.0. The summed E-state index contributed by atoms with van der Waals surface area (Å²) in [7, 11) is 0. The summed E-state index contributed by atoms with van der Waals surface area (Å²) in [5, 5.41) is 0.769. The van der Waals surface area contributed by atoms with Gasteiger partial charge >= 0.3 is 0 Å². The van der Waals surface area contributed by atoms with Gasteiger partial charge in [0.2, 0.25) is 0 Å². The number of anilines is 1. The zero-order valence-electron chi connectivity index (χ0n) is 13.6. The maximum absolute atomic E-state index is 13.0. The predicted octanol–water partition coefficient (Wildman–Crippen LogP) is 4.91. The fourth-order valence-electron chi connectivity index (χ4n) is 2.44. The van der Waals surface area contributed by atoms with Gasteiger partial charge in [-0.05, 0) is 37.1 Å². The zero-order chi connectivity index (χ0) is 16.4. The van der Waals surface area contributed by atoms with Gasteiger partial charge in [-0.1, -0.05) is 55.0 Å². The molecule has 2 aromatic carbocycles. The third-order valence-corrected chi connectivity index (χ3v) is 4.66. The Labute approximate surface area is 140 Å². The number of para-hydroxylation sites is 1. The Hall–Kier alpha value is -2.20. The number of fused-ring (bicyclic) bond motifs is 1. The number of nitrogens with zero attached hydrogens (tertiary/aromatic N) is 2. The highest BCUT2D eigenvalue weighted by Gasteiger charge is 2.22. The lowest BCUT2D eigenvalue weighted by molar-refractivity contribution is 0.0984. The molecule has 3 rings (SSSR count). The number of aryl methyl sites for hydroxylation is 1. The first-order valence-electron chi connectivity index (χ1n) is 7.78. The van der Waals surface area contributed by atoms with E-state index < -0.39 is 0 Å². The quantitative estimate of drug-likeness (QED) is 0.683. The lowest BCUT2D eigenvalue weighted by Crippen LogP contribution is -2.34. The zero-order valence-corrected chi connectivity index (χ0v) is 14.4. The summed E-state index contributed by atoms with van der Waals surface area (Å²) < 4.78 is 1.10. The number of aromatic nitrogens is 1. The van der Waals surface area contributed by atoms with Crippen molar-refractivity contribution in [2.45, 2.75) is 20.8 Å². The topological polar surface area (TPSA) is 33.2 Å². The molecule has 1 aromatic heterocycles. The van der Waals surface area contributed by atoms with Gasteiger partial charge < -0.3 is 0 Å². The molecule has 0 aliphatic heterocycles. The van der Waals surface area contributed by atoms with Crippen LogP contribution in [0.5, 0.6) is 0 Å². The van der Waals surface area contributed by atoms with E-state index in [-0.39, 0.29) is 5.91 Å². The monoisotopic (exact) mass is 324 g/mol. The Bertz CT molecular complexity index is 788. The highest BCUT2D eigenvalue weighted by molar-refractivity contribution is 7.22. The molecular weight excluding hydrogens is 304 g/mol. The summed E-state index contributed by atoms with van der Waals surface area (Å²) in [5.41, 5.74) is 2.80.